The summed E-state index contributed by atoms with van der Waals surface area (Å²) in [7, 11) is 0. The molecule has 3 rings (SSSR count). The van der Waals surface area contributed by atoms with Crippen LogP contribution in [0.2, 0.25) is 0 Å². The van der Waals surface area contributed by atoms with E-state index in [1.807, 2.05) is 36.4 Å². The molecule has 0 saturated heterocycles. The Balaban J connectivity index is 1.49. The normalized spacial score (nSPS) is 12.7. The molecule has 0 aromatic heterocycles. The number of benzene rings is 2. The van der Waals surface area contributed by atoms with Crippen molar-refractivity contribution >= 4 is 5.91 Å². The first-order valence-electron chi connectivity index (χ1n) is 7.50. The molecule has 0 spiro atoms. The molecular weight excluding hydrogens is 278 g/mol. The molecule has 0 unspecified atom stereocenters. The SMILES string of the molecule is O=C(Cc1ccc2c(c1)OCCO2)NCCc1ccccc1. The lowest BCUT2D eigenvalue weighted by Gasteiger charge is -2.18. The van der Waals surface area contributed by atoms with Gasteiger partial charge in [0.05, 0.1) is 6.42 Å². The van der Waals surface area contributed by atoms with Crippen molar-refractivity contribution in [1.82, 2.24) is 5.32 Å². The molecule has 0 saturated carbocycles. The summed E-state index contributed by atoms with van der Waals surface area (Å²) in [6.45, 7) is 1.78. The van der Waals surface area contributed by atoms with Crippen LogP contribution in [0.15, 0.2) is 48.5 Å². The third kappa shape index (κ3) is 3.79. The van der Waals surface area contributed by atoms with Crippen LogP contribution in [0.1, 0.15) is 11.1 Å². The summed E-state index contributed by atoms with van der Waals surface area (Å²) in [4.78, 5) is 12.0. The van der Waals surface area contributed by atoms with Crippen molar-refractivity contribution in [3.63, 3.8) is 0 Å². The van der Waals surface area contributed by atoms with E-state index in [1.165, 1.54) is 5.56 Å². The molecule has 4 heteroatoms. The average molecular weight is 297 g/mol. The molecule has 4 nitrogen and oxygen atoms in total. The molecule has 22 heavy (non-hydrogen) atoms. The van der Waals surface area contributed by atoms with E-state index in [1.54, 1.807) is 0 Å². The Bertz CT molecular complexity index is 640. The number of carbonyl (C=O) groups is 1. The summed E-state index contributed by atoms with van der Waals surface area (Å²) in [5.74, 6) is 1.49. The van der Waals surface area contributed by atoms with Gasteiger partial charge in [0.15, 0.2) is 11.5 Å². The molecule has 1 amide bonds. The molecule has 1 aliphatic heterocycles. The molecule has 1 aliphatic rings. The zero-order chi connectivity index (χ0) is 15.2. The first kappa shape index (κ1) is 14.4. The molecule has 0 fully saturated rings. The number of nitrogens with one attached hydrogen (secondary N) is 1. The van der Waals surface area contributed by atoms with Gasteiger partial charge in [0.1, 0.15) is 13.2 Å². The van der Waals surface area contributed by atoms with Gasteiger partial charge < -0.3 is 14.8 Å². The maximum absolute atomic E-state index is 12.0. The highest BCUT2D eigenvalue weighted by Crippen LogP contribution is 2.30. The van der Waals surface area contributed by atoms with E-state index in [9.17, 15) is 4.79 Å². The number of fused-ring (bicyclic) bond motifs is 1. The highest BCUT2D eigenvalue weighted by Gasteiger charge is 2.12. The highest BCUT2D eigenvalue weighted by atomic mass is 16.6. The Morgan fingerprint density at radius 2 is 1.73 bits per heavy atom. The summed E-state index contributed by atoms with van der Waals surface area (Å²) < 4.78 is 11.0. The lowest BCUT2D eigenvalue weighted by Crippen LogP contribution is -2.27. The summed E-state index contributed by atoms with van der Waals surface area (Å²) >= 11 is 0. The first-order chi connectivity index (χ1) is 10.8. The van der Waals surface area contributed by atoms with Gasteiger partial charge in [0.2, 0.25) is 5.91 Å². The maximum atomic E-state index is 12.0. The van der Waals surface area contributed by atoms with Crippen LogP contribution in [-0.4, -0.2) is 25.7 Å². The van der Waals surface area contributed by atoms with Gasteiger partial charge in [-0.3, -0.25) is 4.79 Å². The molecule has 2 aromatic rings. The summed E-state index contributed by atoms with van der Waals surface area (Å²) in [5, 5.41) is 2.95. The van der Waals surface area contributed by atoms with Gasteiger partial charge in [-0.1, -0.05) is 36.4 Å². The lowest BCUT2D eigenvalue weighted by molar-refractivity contribution is -0.120. The second kappa shape index (κ2) is 6.98. The number of carbonyl (C=O) groups excluding carboxylic acids is 1. The van der Waals surface area contributed by atoms with Crippen molar-refractivity contribution in [2.45, 2.75) is 12.8 Å². The maximum Gasteiger partial charge on any atom is 0.224 e. The van der Waals surface area contributed by atoms with Crippen molar-refractivity contribution < 1.29 is 14.3 Å². The summed E-state index contributed by atoms with van der Waals surface area (Å²) in [5.41, 5.74) is 2.16. The first-order valence-corrected chi connectivity index (χ1v) is 7.50. The van der Waals surface area contributed by atoms with Crippen LogP contribution in [0, 0.1) is 0 Å². The van der Waals surface area contributed by atoms with E-state index in [4.69, 9.17) is 9.47 Å². The van der Waals surface area contributed by atoms with Crippen molar-refractivity contribution in [2.75, 3.05) is 19.8 Å². The highest BCUT2D eigenvalue weighted by molar-refractivity contribution is 5.78. The Morgan fingerprint density at radius 3 is 2.55 bits per heavy atom. The third-order valence-corrected chi connectivity index (χ3v) is 3.55. The minimum Gasteiger partial charge on any atom is -0.486 e. The van der Waals surface area contributed by atoms with Gasteiger partial charge in [0.25, 0.3) is 0 Å². The number of rotatable bonds is 5. The molecule has 0 radical (unpaired) electrons. The summed E-state index contributed by atoms with van der Waals surface area (Å²) in [6, 6.07) is 15.8. The fourth-order valence-corrected chi connectivity index (χ4v) is 2.44. The van der Waals surface area contributed by atoms with E-state index in [0.717, 1.165) is 23.5 Å². The molecule has 1 heterocycles. The Hall–Kier alpha value is -2.49. The minimum atomic E-state index is 0.0209. The number of hydrogen-bond acceptors (Lipinski definition) is 3. The molecule has 2 aromatic carbocycles. The monoisotopic (exact) mass is 297 g/mol. The Morgan fingerprint density at radius 1 is 0.955 bits per heavy atom. The second-order valence-corrected chi connectivity index (χ2v) is 5.24. The van der Waals surface area contributed by atoms with E-state index in [-0.39, 0.29) is 5.91 Å². The second-order valence-electron chi connectivity index (χ2n) is 5.24. The average Bonchev–Trinajstić information content (AvgIpc) is 2.56. The molecular formula is C18H19NO3. The zero-order valence-electron chi connectivity index (χ0n) is 12.4. The van der Waals surface area contributed by atoms with Gasteiger partial charge in [-0.05, 0) is 29.7 Å². The van der Waals surface area contributed by atoms with Crippen molar-refractivity contribution in [3.05, 3.63) is 59.7 Å². The minimum absolute atomic E-state index is 0.0209. The topological polar surface area (TPSA) is 47.6 Å². The number of amides is 1. The van der Waals surface area contributed by atoms with Crippen LogP contribution in [0.25, 0.3) is 0 Å². The number of ether oxygens (including phenoxy) is 2. The Labute approximate surface area is 130 Å². The van der Waals surface area contributed by atoms with Crippen LogP contribution in [-0.2, 0) is 17.6 Å². The van der Waals surface area contributed by atoms with E-state index >= 15 is 0 Å². The third-order valence-electron chi connectivity index (χ3n) is 3.55. The predicted molar refractivity (Wildman–Crippen MR) is 84.3 cm³/mol. The van der Waals surface area contributed by atoms with Gasteiger partial charge in [-0.25, -0.2) is 0 Å². The predicted octanol–water partition coefficient (Wildman–Crippen LogP) is 2.36. The Kier molecular flexibility index (Phi) is 4.59. The molecule has 0 bridgehead atoms. The van der Waals surface area contributed by atoms with Crippen molar-refractivity contribution in [2.24, 2.45) is 0 Å². The largest absolute Gasteiger partial charge is 0.486 e. The molecule has 0 aliphatic carbocycles. The van der Waals surface area contributed by atoms with Gasteiger partial charge in [0, 0.05) is 6.54 Å². The van der Waals surface area contributed by atoms with Crippen molar-refractivity contribution in [3.8, 4) is 11.5 Å². The molecule has 1 N–H and O–H groups in total. The molecule has 114 valence electrons. The summed E-state index contributed by atoms with van der Waals surface area (Å²) in [6.07, 6.45) is 1.19. The smallest absolute Gasteiger partial charge is 0.224 e. The van der Waals surface area contributed by atoms with Gasteiger partial charge >= 0.3 is 0 Å². The van der Waals surface area contributed by atoms with Crippen molar-refractivity contribution in [1.29, 1.82) is 0 Å². The zero-order valence-corrected chi connectivity index (χ0v) is 12.4. The quantitative estimate of drug-likeness (QED) is 0.921. The van der Waals surface area contributed by atoms with E-state index < -0.39 is 0 Å². The van der Waals surface area contributed by atoms with Crippen LogP contribution >= 0.6 is 0 Å². The van der Waals surface area contributed by atoms with Crippen LogP contribution in [0.5, 0.6) is 11.5 Å². The lowest BCUT2D eigenvalue weighted by atomic mass is 10.1. The fraction of sp³-hybridized carbons (Fsp3) is 0.278. The fourth-order valence-electron chi connectivity index (χ4n) is 2.44. The standard InChI is InChI=1S/C18H19NO3/c20-18(19-9-8-14-4-2-1-3-5-14)13-15-6-7-16-17(12-15)22-11-10-21-16/h1-7,12H,8-11,13H2,(H,19,20). The van der Waals surface area contributed by atoms with Gasteiger partial charge in [-0.15, -0.1) is 0 Å². The van der Waals surface area contributed by atoms with E-state index in [0.29, 0.717) is 26.2 Å². The van der Waals surface area contributed by atoms with Crippen LogP contribution < -0.4 is 14.8 Å². The van der Waals surface area contributed by atoms with Gasteiger partial charge in [-0.2, -0.15) is 0 Å². The van der Waals surface area contributed by atoms with Crippen LogP contribution in [0.4, 0.5) is 0 Å². The van der Waals surface area contributed by atoms with E-state index in [2.05, 4.69) is 17.4 Å². The molecule has 0 atom stereocenters. The van der Waals surface area contributed by atoms with Crippen LogP contribution in [0.3, 0.4) is 0 Å². The number of hydrogen-bond donors (Lipinski definition) is 1.